The second kappa shape index (κ2) is 8.97. The van der Waals surface area contributed by atoms with E-state index in [4.69, 9.17) is 5.11 Å². The largest absolute Gasteiger partial charge is 0.481 e. The number of nitrogens with one attached hydrogen (secondary N) is 3. The average Bonchev–Trinajstić information content (AvgIpc) is 2.40. The van der Waals surface area contributed by atoms with Crippen molar-refractivity contribution in [3.8, 4) is 0 Å². The minimum atomic E-state index is -0.913. The van der Waals surface area contributed by atoms with Gasteiger partial charge in [0, 0.05) is 18.3 Å². The lowest BCUT2D eigenvalue weighted by Gasteiger charge is -2.17. The van der Waals surface area contributed by atoms with Crippen molar-refractivity contribution >= 4 is 17.7 Å². The number of urea groups is 1. The first kappa shape index (κ1) is 17.0. The summed E-state index contributed by atoms with van der Waals surface area (Å²) in [6.45, 7) is 2.60. The molecule has 0 radical (unpaired) electrons. The molecule has 0 heterocycles. The predicted octanol–water partition coefficient (Wildman–Crippen LogP) is 2.17. The molecule has 0 aliphatic carbocycles. The van der Waals surface area contributed by atoms with Gasteiger partial charge in [0.05, 0.1) is 6.42 Å². The molecule has 2 amide bonds. The van der Waals surface area contributed by atoms with Gasteiger partial charge in [-0.25, -0.2) is 4.79 Å². The topological polar surface area (TPSA) is 90.5 Å². The van der Waals surface area contributed by atoms with Gasteiger partial charge in [0.15, 0.2) is 0 Å². The second-order valence-corrected chi connectivity index (χ2v) is 4.87. The van der Waals surface area contributed by atoms with Gasteiger partial charge in [0.25, 0.3) is 0 Å². The summed E-state index contributed by atoms with van der Waals surface area (Å²) in [5.41, 5.74) is 1.69. The SMILES string of the molecule is CCCC(CC(=O)O)NC(=O)Nc1ccccc1CNC. The fraction of sp³-hybridized carbons (Fsp3) is 0.467. The molecule has 0 bridgehead atoms. The van der Waals surface area contributed by atoms with E-state index in [0.29, 0.717) is 13.0 Å². The molecule has 1 rings (SSSR count). The third-order valence-electron chi connectivity index (χ3n) is 3.03. The highest BCUT2D eigenvalue weighted by atomic mass is 16.4. The Bertz CT molecular complexity index is 477. The molecule has 116 valence electrons. The van der Waals surface area contributed by atoms with Crippen LogP contribution in [0.1, 0.15) is 31.7 Å². The molecule has 21 heavy (non-hydrogen) atoms. The zero-order valence-electron chi connectivity index (χ0n) is 12.5. The maximum atomic E-state index is 12.0. The van der Waals surface area contributed by atoms with Crippen molar-refractivity contribution < 1.29 is 14.7 Å². The Kier molecular flexibility index (Phi) is 7.25. The maximum absolute atomic E-state index is 12.0. The van der Waals surface area contributed by atoms with Crippen LogP contribution in [0, 0.1) is 0 Å². The summed E-state index contributed by atoms with van der Waals surface area (Å²) >= 11 is 0. The van der Waals surface area contributed by atoms with Gasteiger partial charge < -0.3 is 21.1 Å². The molecule has 6 heteroatoms. The fourth-order valence-corrected chi connectivity index (χ4v) is 2.12. The van der Waals surface area contributed by atoms with E-state index in [2.05, 4.69) is 16.0 Å². The van der Waals surface area contributed by atoms with E-state index in [1.807, 2.05) is 38.2 Å². The number of carboxylic acid groups (broad SMARTS) is 1. The normalized spacial score (nSPS) is 11.7. The Hall–Kier alpha value is -2.08. The van der Waals surface area contributed by atoms with Gasteiger partial charge >= 0.3 is 12.0 Å². The number of carbonyl (C=O) groups excluding carboxylic acids is 1. The number of amides is 2. The van der Waals surface area contributed by atoms with E-state index < -0.39 is 5.97 Å². The van der Waals surface area contributed by atoms with Crippen LogP contribution in [-0.4, -0.2) is 30.2 Å². The first-order valence-corrected chi connectivity index (χ1v) is 7.08. The van der Waals surface area contributed by atoms with Crippen LogP contribution < -0.4 is 16.0 Å². The maximum Gasteiger partial charge on any atom is 0.319 e. The van der Waals surface area contributed by atoms with E-state index in [9.17, 15) is 9.59 Å². The number of hydrogen-bond acceptors (Lipinski definition) is 3. The number of para-hydroxylation sites is 1. The molecule has 4 N–H and O–H groups in total. The number of carbonyl (C=O) groups is 2. The number of anilines is 1. The third-order valence-corrected chi connectivity index (χ3v) is 3.03. The molecule has 0 aliphatic heterocycles. The van der Waals surface area contributed by atoms with Crippen molar-refractivity contribution in [2.24, 2.45) is 0 Å². The molecule has 0 spiro atoms. The van der Waals surface area contributed by atoms with E-state index in [-0.39, 0.29) is 18.5 Å². The molecule has 0 saturated carbocycles. The Morgan fingerprint density at radius 3 is 2.62 bits per heavy atom. The summed E-state index contributed by atoms with van der Waals surface area (Å²) in [6.07, 6.45) is 1.38. The third kappa shape index (κ3) is 6.27. The van der Waals surface area contributed by atoms with Crippen LogP contribution >= 0.6 is 0 Å². The summed E-state index contributed by atoms with van der Waals surface area (Å²) < 4.78 is 0. The number of benzene rings is 1. The molecule has 0 fully saturated rings. The molecular weight excluding hydrogens is 270 g/mol. The predicted molar refractivity (Wildman–Crippen MR) is 82.3 cm³/mol. The number of hydrogen-bond donors (Lipinski definition) is 4. The summed E-state index contributed by atoms with van der Waals surface area (Å²) in [7, 11) is 1.83. The van der Waals surface area contributed by atoms with E-state index in [1.54, 1.807) is 0 Å². The number of carboxylic acids is 1. The van der Waals surface area contributed by atoms with Crippen molar-refractivity contribution in [1.29, 1.82) is 0 Å². The zero-order chi connectivity index (χ0) is 15.7. The number of aliphatic carboxylic acids is 1. The van der Waals surface area contributed by atoms with Crippen molar-refractivity contribution in [1.82, 2.24) is 10.6 Å². The van der Waals surface area contributed by atoms with Crippen LogP contribution in [0.3, 0.4) is 0 Å². The summed E-state index contributed by atoms with van der Waals surface area (Å²) in [6, 6.07) is 6.75. The van der Waals surface area contributed by atoms with E-state index in [0.717, 1.165) is 17.7 Å². The first-order valence-electron chi connectivity index (χ1n) is 7.08. The molecule has 1 aromatic carbocycles. The molecule has 1 aromatic rings. The van der Waals surface area contributed by atoms with Crippen LogP contribution in [0.15, 0.2) is 24.3 Å². The van der Waals surface area contributed by atoms with Crippen molar-refractivity contribution in [3.63, 3.8) is 0 Å². The van der Waals surface area contributed by atoms with Crippen LogP contribution in [0.25, 0.3) is 0 Å². The van der Waals surface area contributed by atoms with Crippen LogP contribution in [0.2, 0.25) is 0 Å². The van der Waals surface area contributed by atoms with Crippen LogP contribution in [0.5, 0.6) is 0 Å². The molecule has 0 aromatic heterocycles. The summed E-state index contributed by atoms with van der Waals surface area (Å²) in [5.74, 6) is -0.913. The smallest absolute Gasteiger partial charge is 0.319 e. The quantitative estimate of drug-likeness (QED) is 0.591. The summed E-state index contributed by atoms with van der Waals surface area (Å²) in [5, 5.41) is 17.4. The van der Waals surface area contributed by atoms with Gasteiger partial charge in [-0.1, -0.05) is 31.5 Å². The van der Waals surface area contributed by atoms with Crippen LogP contribution in [0.4, 0.5) is 10.5 Å². The Balaban J connectivity index is 2.65. The molecule has 0 aliphatic rings. The highest BCUT2D eigenvalue weighted by Crippen LogP contribution is 2.14. The molecule has 0 saturated heterocycles. The zero-order valence-corrected chi connectivity index (χ0v) is 12.5. The Morgan fingerprint density at radius 2 is 2.00 bits per heavy atom. The highest BCUT2D eigenvalue weighted by Gasteiger charge is 2.15. The van der Waals surface area contributed by atoms with Gasteiger partial charge in [0.2, 0.25) is 0 Å². The number of rotatable bonds is 8. The monoisotopic (exact) mass is 293 g/mol. The lowest BCUT2D eigenvalue weighted by Crippen LogP contribution is -2.39. The molecule has 6 nitrogen and oxygen atoms in total. The standard InChI is InChI=1S/C15H23N3O3/c1-3-6-12(9-14(19)20)17-15(21)18-13-8-5-4-7-11(13)10-16-2/h4-5,7-8,12,16H,3,6,9-10H2,1-2H3,(H,19,20)(H2,17,18,21). The van der Waals surface area contributed by atoms with Crippen molar-refractivity contribution in [2.45, 2.75) is 38.8 Å². The fourth-order valence-electron chi connectivity index (χ4n) is 2.12. The minimum Gasteiger partial charge on any atom is -0.481 e. The van der Waals surface area contributed by atoms with E-state index >= 15 is 0 Å². The minimum absolute atomic E-state index is 0.0700. The molecule has 1 unspecified atom stereocenters. The lowest BCUT2D eigenvalue weighted by atomic mass is 10.1. The van der Waals surface area contributed by atoms with Gasteiger partial charge in [-0.2, -0.15) is 0 Å². The van der Waals surface area contributed by atoms with Crippen LogP contribution in [-0.2, 0) is 11.3 Å². The van der Waals surface area contributed by atoms with Gasteiger partial charge in [-0.05, 0) is 25.1 Å². The lowest BCUT2D eigenvalue weighted by molar-refractivity contribution is -0.137. The van der Waals surface area contributed by atoms with Gasteiger partial charge in [0.1, 0.15) is 0 Å². The Morgan fingerprint density at radius 1 is 1.29 bits per heavy atom. The first-order chi connectivity index (χ1) is 10.1. The van der Waals surface area contributed by atoms with Gasteiger partial charge in [-0.15, -0.1) is 0 Å². The Labute approximate surface area is 124 Å². The van der Waals surface area contributed by atoms with E-state index in [1.165, 1.54) is 0 Å². The highest BCUT2D eigenvalue weighted by molar-refractivity contribution is 5.90. The van der Waals surface area contributed by atoms with Crippen molar-refractivity contribution in [3.05, 3.63) is 29.8 Å². The summed E-state index contributed by atoms with van der Waals surface area (Å²) in [4.78, 5) is 22.8. The van der Waals surface area contributed by atoms with Gasteiger partial charge in [-0.3, -0.25) is 4.79 Å². The van der Waals surface area contributed by atoms with Crippen molar-refractivity contribution in [2.75, 3.05) is 12.4 Å². The second-order valence-electron chi connectivity index (χ2n) is 4.87. The molecule has 1 atom stereocenters. The molecular formula is C15H23N3O3. The average molecular weight is 293 g/mol.